The van der Waals surface area contributed by atoms with Crippen molar-refractivity contribution in [2.45, 2.75) is 26.3 Å². The fraction of sp³-hybridized carbons (Fsp3) is 0.391. The number of nitrogens with one attached hydrogen (secondary N) is 1. The maximum atomic E-state index is 13.3. The lowest BCUT2D eigenvalue weighted by atomic mass is 10.0. The highest BCUT2D eigenvalue weighted by atomic mass is 16.5. The Labute approximate surface area is 187 Å². The van der Waals surface area contributed by atoms with Gasteiger partial charge in [0, 0.05) is 30.9 Å². The maximum Gasteiger partial charge on any atom is 0.249 e. The molecule has 2 heterocycles. The van der Waals surface area contributed by atoms with E-state index in [-0.39, 0.29) is 5.91 Å². The SMILES string of the molecule is COc1cccc(C[C@H](C(=O)Nc2ccc(N3CCOCC3)c(C)c2)n2nnnc2C)c1. The fourth-order valence-electron chi connectivity index (χ4n) is 3.96. The predicted molar refractivity (Wildman–Crippen MR) is 121 cm³/mol. The Morgan fingerprint density at radius 1 is 1.19 bits per heavy atom. The van der Waals surface area contributed by atoms with E-state index in [1.165, 1.54) is 0 Å². The number of nitrogens with zero attached hydrogens (tertiary/aromatic N) is 5. The van der Waals surface area contributed by atoms with Crippen LogP contribution >= 0.6 is 0 Å². The molecule has 1 saturated heterocycles. The molecular weight excluding hydrogens is 408 g/mol. The minimum Gasteiger partial charge on any atom is -0.497 e. The zero-order valence-corrected chi connectivity index (χ0v) is 18.6. The monoisotopic (exact) mass is 436 g/mol. The lowest BCUT2D eigenvalue weighted by Gasteiger charge is -2.30. The van der Waals surface area contributed by atoms with Crippen LogP contribution in [0.15, 0.2) is 42.5 Å². The highest BCUT2D eigenvalue weighted by Crippen LogP contribution is 2.26. The van der Waals surface area contributed by atoms with Gasteiger partial charge in [-0.15, -0.1) is 5.10 Å². The van der Waals surface area contributed by atoms with Gasteiger partial charge in [-0.25, -0.2) is 4.68 Å². The zero-order chi connectivity index (χ0) is 22.5. The van der Waals surface area contributed by atoms with E-state index < -0.39 is 6.04 Å². The van der Waals surface area contributed by atoms with Crippen molar-refractivity contribution < 1.29 is 14.3 Å². The third-order valence-corrected chi connectivity index (χ3v) is 5.63. The summed E-state index contributed by atoms with van der Waals surface area (Å²) >= 11 is 0. The molecule has 1 aliphatic heterocycles. The van der Waals surface area contributed by atoms with Crippen LogP contribution < -0.4 is 15.0 Å². The molecule has 0 saturated carbocycles. The minimum absolute atomic E-state index is 0.179. The Morgan fingerprint density at radius 2 is 2.00 bits per heavy atom. The normalized spacial score (nSPS) is 14.8. The number of anilines is 2. The number of methoxy groups -OCH3 is 1. The number of benzene rings is 2. The Morgan fingerprint density at radius 3 is 2.69 bits per heavy atom. The number of hydrogen-bond acceptors (Lipinski definition) is 7. The molecule has 1 amide bonds. The molecule has 0 aliphatic carbocycles. The van der Waals surface area contributed by atoms with Gasteiger partial charge in [-0.1, -0.05) is 12.1 Å². The van der Waals surface area contributed by atoms with Gasteiger partial charge in [0.25, 0.3) is 0 Å². The van der Waals surface area contributed by atoms with Crippen LogP contribution in [0.5, 0.6) is 5.75 Å². The molecule has 1 N–H and O–H groups in total. The summed E-state index contributed by atoms with van der Waals surface area (Å²) in [4.78, 5) is 15.6. The van der Waals surface area contributed by atoms with Crippen LogP contribution in [-0.4, -0.2) is 59.5 Å². The molecule has 1 atom stereocenters. The first kappa shape index (κ1) is 21.8. The zero-order valence-electron chi connectivity index (χ0n) is 18.6. The van der Waals surface area contributed by atoms with E-state index in [1.807, 2.05) is 36.4 Å². The van der Waals surface area contributed by atoms with Gasteiger partial charge in [-0.2, -0.15) is 0 Å². The standard InChI is InChI=1S/C23H28N6O3/c1-16-13-19(7-8-21(16)28-9-11-32-12-10-28)24-23(30)22(29-17(2)25-26-27-29)15-18-5-4-6-20(14-18)31-3/h4-8,13-14,22H,9-12,15H2,1-3H3,(H,24,30)/t22-/m1/s1. The van der Waals surface area contributed by atoms with Gasteiger partial charge in [0.05, 0.1) is 20.3 Å². The molecule has 0 radical (unpaired) electrons. The number of rotatable bonds is 7. The van der Waals surface area contributed by atoms with Gasteiger partial charge in [0.15, 0.2) is 0 Å². The minimum atomic E-state index is -0.601. The van der Waals surface area contributed by atoms with E-state index in [9.17, 15) is 4.79 Å². The van der Waals surface area contributed by atoms with E-state index in [1.54, 1.807) is 18.7 Å². The van der Waals surface area contributed by atoms with Crippen molar-refractivity contribution in [2.24, 2.45) is 0 Å². The predicted octanol–water partition coefficient (Wildman–Crippen LogP) is 2.56. The third-order valence-electron chi connectivity index (χ3n) is 5.63. The van der Waals surface area contributed by atoms with Gasteiger partial charge < -0.3 is 19.7 Å². The summed E-state index contributed by atoms with van der Waals surface area (Å²) in [7, 11) is 1.62. The largest absolute Gasteiger partial charge is 0.497 e. The summed E-state index contributed by atoms with van der Waals surface area (Å²) in [6.07, 6.45) is 0.430. The number of carbonyl (C=O) groups is 1. The van der Waals surface area contributed by atoms with Crippen molar-refractivity contribution >= 4 is 17.3 Å². The summed E-state index contributed by atoms with van der Waals surface area (Å²) in [6, 6.07) is 13.0. The molecule has 1 aromatic heterocycles. The molecule has 4 rings (SSSR count). The third kappa shape index (κ3) is 4.88. The van der Waals surface area contributed by atoms with Crippen LogP contribution in [0.3, 0.4) is 0 Å². The first-order valence-electron chi connectivity index (χ1n) is 10.7. The van der Waals surface area contributed by atoms with Gasteiger partial charge >= 0.3 is 0 Å². The van der Waals surface area contributed by atoms with E-state index in [4.69, 9.17) is 9.47 Å². The molecule has 2 aromatic carbocycles. The highest BCUT2D eigenvalue weighted by Gasteiger charge is 2.25. The molecular formula is C23H28N6O3. The molecule has 3 aromatic rings. The number of carbonyl (C=O) groups excluding carboxylic acids is 1. The van der Waals surface area contributed by atoms with E-state index in [0.29, 0.717) is 12.2 Å². The van der Waals surface area contributed by atoms with Crippen LogP contribution in [0.4, 0.5) is 11.4 Å². The van der Waals surface area contributed by atoms with Gasteiger partial charge in [-0.05, 0) is 65.7 Å². The van der Waals surface area contributed by atoms with Gasteiger partial charge in [0.2, 0.25) is 5.91 Å². The smallest absolute Gasteiger partial charge is 0.249 e. The van der Waals surface area contributed by atoms with Gasteiger partial charge in [-0.3, -0.25) is 4.79 Å². The Kier molecular flexibility index (Phi) is 6.65. The lowest BCUT2D eigenvalue weighted by Crippen LogP contribution is -2.36. The maximum absolute atomic E-state index is 13.3. The average molecular weight is 437 g/mol. The topological polar surface area (TPSA) is 94.4 Å². The molecule has 0 bridgehead atoms. The average Bonchev–Trinajstić information content (AvgIpc) is 3.23. The molecule has 0 unspecified atom stereocenters. The van der Waals surface area contributed by atoms with Gasteiger partial charge in [0.1, 0.15) is 17.6 Å². The number of hydrogen-bond donors (Lipinski definition) is 1. The van der Waals surface area contributed by atoms with Crippen molar-refractivity contribution in [3.63, 3.8) is 0 Å². The van der Waals surface area contributed by atoms with Crippen molar-refractivity contribution in [3.8, 4) is 5.75 Å². The van der Waals surface area contributed by atoms with E-state index in [2.05, 4.69) is 38.7 Å². The first-order valence-corrected chi connectivity index (χ1v) is 10.7. The molecule has 1 aliphatic rings. The highest BCUT2D eigenvalue weighted by molar-refractivity contribution is 5.94. The Balaban J connectivity index is 1.54. The second-order valence-corrected chi connectivity index (χ2v) is 7.83. The van der Waals surface area contributed by atoms with Crippen molar-refractivity contribution in [3.05, 3.63) is 59.4 Å². The number of aryl methyl sites for hydroxylation is 2. The Hall–Kier alpha value is -3.46. The summed E-state index contributed by atoms with van der Waals surface area (Å²) in [5.74, 6) is 1.14. The molecule has 9 nitrogen and oxygen atoms in total. The lowest BCUT2D eigenvalue weighted by molar-refractivity contribution is -0.119. The summed E-state index contributed by atoms with van der Waals surface area (Å²) in [5.41, 5.74) is 3.97. The van der Waals surface area contributed by atoms with Crippen LogP contribution in [0, 0.1) is 13.8 Å². The quantitative estimate of drug-likeness (QED) is 0.608. The number of ether oxygens (including phenoxy) is 2. The van der Waals surface area contributed by atoms with Crippen LogP contribution in [0.25, 0.3) is 0 Å². The van der Waals surface area contributed by atoms with Crippen LogP contribution in [0.2, 0.25) is 0 Å². The van der Waals surface area contributed by atoms with Crippen molar-refractivity contribution in [1.82, 2.24) is 20.2 Å². The molecule has 9 heteroatoms. The summed E-state index contributed by atoms with van der Waals surface area (Å²) in [5, 5.41) is 14.8. The second kappa shape index (κ2) is 9.78. The van der Waals surface area contributed by atoms with Crippen molar-refractivity contribution in [2.75, 3.05) is 43.6 Å². The molecule has 1 fully saturated rings. The summed E-state index contributed by atoms with van der Waals surface area (Å²) < 4.78 is 12.3. The van der Waals surface area contributed by atoms with Crippen LogP contribution in [0.1, 0.15) is 23.0 Å². The number of amides is 1. The van der Waals surface area contributed by atoms with E-state index >= 15 is 0 Å². The van der Waals surface area contributed by atoms with E-state index in [0.717, 1.165) is 54.6 Å². The molecule has 0 spiro atoms. The first-order chi connectivity index (χ1) is 15.5. The molecule has 168 valence electrons. The summed E-state index contributed by atoms with van der Waals surface area (Å²) in [6.45, 7) is 7.04. The number of morpholine rings is 1. The fourth-order valence-corrected chi connectivity index (χ4v) is 3.96. The van der Waals surface area contributed by atoms with Crippen LogP contribution in [-0.2, 0) is 16.0 Å². The number of aromatic nitrogens is 4. The van der Waals surface area contributed by atoms with Crippen molar-refractivity contribution in [1.29, 1.82) is 0 Å². The Bertz CT molecular complexity index is 1080. The number of tetrazole rings is 1. The second-order valence-electron chi connectivity index (χ2n) is 7.83. The molecule has 32 heavy (non-hydrogen) atoms.